The lowest BCUT2D eigenvalue weighted by atomic mass is 10.2. The number of nitrogens with zero attached hydrogens (tertiary/aromatic N) is 2. The van der Waals surface area contributed by atoms with Crippen LogP contribution in [0.25, 0.3) is 4.96 Å². The van der Waals surface area contributed by atoms with Crippen LogP contribution in [0.15, 0.2) is 29.0 Å². The van der Waals surface area contributed by atoms with Gasteiger partial charge in [0.2, 0.25) is 0 Å². The molecule has 0 bridgehead atoms. The fourth-order valence-corrected chi connectivity index (χ4v) is 3.12. The summed E-state index contributed by atoms with van der Waals surface area (Å²) in [6.07, 6.45) is 3.04. The van der Waals surface area contributed by atoms with E-state index in [2.05, 4.69) is 27.8 Å². The summed E-state index contributed by atoms with van der Waals surface area (Å²) in [5, 5.41) is 13.2. The van der Waals surface area contributed by atoms with E-state index in [-0.39, 0.29) is 0 Å². The van der Waals surface area contributed by atoms with Crippen LogP contribution in [0.5, 0.6) is 0 Å². The number of aryl methyl sites for hydroxylation is 2. The number of imidazole rings is 1. The van der Waals surface area contributed by atoms with Gasteiger partial charge in [-0.3, -0.25) is 4.40 Å². The summed E-state index contributed by atoms with van der Waals surface area (Å²) in [7, 11) is 0. The van der Waals surface area contributed by atoms with E-state index in [4.69, 9.17) is 4.42 Å². The highest BCUT2D eigenvalue weighted by Crippen LogP contribution is 2.20. The van der Waals surface area contributed by atoms with E-state index in [0.717, 1.165) is 16.3 Å². The van der Waals surface area contributed by atoms with Gasteiger partial charge in [-0.05, 0) is 26.0 Å². The topological polar surface area (TPSA) is 62.7 Å². The van der Waals surface area contributed by atoms with Crippen LogP contribution in [-0.4, -0.2) is 21.0 Å². The molecule has 0 aromatic carbocycles. The molecule has 0 aliphatic rings. The van der Waals surface area contributed by atoms with Crippen LogP contribution in [0, 0.1) is 13.8 Å². The molecule has 1 unspecified atom stereocenters. The van der Waals surface area contributed by atoms with Gasteiger partial charge in [0.05, 0.1) is 17.7 Å². The fourth-order valence-electron chi connectivity index (χ4n) is 2.23. The third-order valence-electron chi connectivity index (χ3n) is 3.24. The van der Waals surface area contributed by atoms with E-state index in [1.165, 1.54) is 4.88 Å². The van der Waals surface area contributed by atoms with Crippen molar-refractivity contribution in [3.63, 3.8) is 0 Å². The molecule has 0 aliphatic heterocycles. The van der Waals surface area contributed by atoms with Crippen molar-refractivity contribution in [2.24, 2.45) is 0 Å². The maximum atomic E-state index is 9.95. The van der Waals surface area contributed by atoms with Crippen LogP contribution in [-0.2, 0) is 6.54 Å². The average Bonchev–Trinajstić information content (AvgIpc) is 3.08. The zero-order valence-corrected chi connectivity index (χ0v) is 12.3. The maximum Gasteiger partial charge on any atom is 0.194 e. The first-order chi connectivity index (χ1) is 9.65. The lowest BCUT2D eigenvalue weighted by Crippen LogP contribution is -2.21. The van der Waals surface area contributed by atoms with Gasteiger partial charge in [0.1, 0.15) is 11.9 Å². The largest absolute Gasteiger partial charge is 0.467 e. The molecule has 1 atom stereocenters. The average molecular weight is 291 g/mol. The molecule has 20 heavy (non-hydrogen) atoms. The van der Waals surface area contributed by atoms with Gasteiger partial charge < -0.3 is 14.8 Å². The number of aromatic nitrogens is 2. The fraction of sp³-hybridized carbons (Fsp3) is 0.357. The minimum Gasteiger partial charge on any atom is -0.467 e. The predicted octanol–water partition coefficient (Wildman–Crippen LogP) is 2.43. The molecule has 0 saturated carbocycles. The van der Waals surface area contributed by atoms with Gasteiger partial charge in [0.15, 0.2) is 4.96 Å². The summed E-state index contributed by atoms with van der Waals surface area (Å²) < 4.78 is 7.29. The molecule has 2 N–H and O–H groups in total. The molecular weight excluding hydrogens is 274 g/mol. The number of hydrogen-bond donors (Lipinski definition) is 2. The summed E-state index contributed by atoms with van der Waals surface area (Å²) in [6, 6.07) is 3.55. The summed E-state index contributed by atoms with van der Waals surface area (Å²) in [5.74, 6) is 0.582. The Morgan fingerprint density at radius 2 is 2.35 bits per heavy atom. The van der Waals surface area contributed by atoms with Crippen molar-refractivity contribution in [1.82, 2.24) is 14.7 Å². The van der Waals surface area contributed by atoms with Gasteiger partial charge in [0.25, 0.3) is 0 Å². The first kappa shape index (κ1) is 13.4. The molecule has 3 aromatic heterocycles. The molecule has 106 valence electrons. The number of aliphatic hydroxyl groups excluding tert-OH is 1. The molecular formula is C14H17N3O2S. The standard InChI is InChI=1S/C14H17N3O2S/c1-9-8-17-11(10(2)16-14(17)20-9)6-15-7-12(18)13-4-3-5-19-13/h3-5,8,12,15,18H,6-7H2,1-2H3. The number of thiazole rings is 1. The highest BCUT2D eigenvalue weighted by atomic mass is 32.1. The molecule has 0 amide bonds. The van der Waals surface area contributed by atoms with Crippen LogP contribution in [0.3, 0.4) is 0 Å². The molecule has 6 heteroatoms. The number of furan rings is 1. The highest BCUT2D eigenvalue weighted by molar-refractivity contribution is 7.17. The highest BCUT2D eigenvalue weighted by Gasteiger charge is 2.13. The van der Waals surface area contributed by atoms with Gasteiger partial charge in [-0.2, -0.15) is 0 Å². The van der Waals surface area contributed by atoms with Gasteiger partial charge in [0, 0.05) is 24.2 Å². The van der Waals surface area contributed by atoms with Gasteiger partial charge in [-0.1, -0.05) is 0 Å². The first-order valence-electron chi connectivity index (χ1n) is 6.51. The molecule has 5 nitrogen and oxygen atoms in total. The summed E-state index contributed by atoms with van der Waals surface area (Å²) in [6.45, 7) is 5.20. The van der Waals surface area contributed by atoms with E-state index in [9.17, 15) is 5.11 Å². The van der Waals surface area contributed by atoms with Gasteiger partial charge >= 0.3 is 0 Å². The summed E-state index contributed by atoms with van der Waals surface area (Å²) in [5.41, 5.74) is 2.16. The van der Waals surface area contributed by atoms with Crippen molar-refractivity contribution in [2.75, 3.05) is 6.54 Å². The zero-order chi connectivity index (χ0) is 14.1. The molecule has 0 aliphatic carbocycles. The van der Waals surface area contributed by atoms with Gasteiger partial charge in [-0.25, -0.2) is 4.98 Å². The summed E-state index contributed by atoms with van der Waals surface area (Å²) >= 11 is 1.68. The third-order valence-corrected chi connectivity index (χ3v) is 4.14. The van der Waals surface area contributed by atoms with E-state index < -0.39 is 6.10 Å². The van der Waals surface area contributed by atoms with Crippen molar-refractivity contribution in [2.45, 2.75) is 26.5 Å². The third kappa shape index (κ3) is 2.49. The number of rotatable bonds is 5. The van der Waals surface area contributed by atoms with Crippen LogP contribution in [0.4, 0.5) is 0 Å². The first-order valence-corrected chi connectivity index (χ1v) is 7.33. The molecule has 3 heterocycles. The Balaban J connectivity index is 1.66. The molecule has 0 fully saturated rings. The Bertz CT molecular complexity index is 699. The molecule has 3 rings (SSSR count). The number of nitrogens with one attached hydrogen (secondary N) is 1. The number of hydrogen-bond acceptors (Lipinski definition) is 5. The molecule has 3 aromatic rings. The summed E-state index contributed by atoms with van der Waals surface area (Å²) in [4.78, 5) is 6.80. The molecule has 0 saturated heterocycles. The normalized spacial score (nSPS) is 13.2. The van der Waals surface area contributed by atoms with E-state index in [0.29, 0.717) is 18.8 Å². The lowest BCUT2D eigenvalue weighted by molar-refractivity contribution is 0.147. The van der Waals surface area contributed by atoms with Crippen molar-refractivity contribution in [3.05, 3.63) is 46.6 Å². The monoisotopic (exact) mass is 291 g/mol. The SMILES string of the molecule is Cc1cn2c(CNCC(O)c3ccco3)c(C)nc2s1. The van der Waals surface area contributed by atoms with Crippen LogP contribution >= 0.6 is 11.3 Å². The van der Waals surface area contributed by atoms with Crippen molar-refractivity contribution in [3.8, 4) is 0 Å². The molecule has 0 radical (unpaired) electrons. The second-order valence-corrected chi connectivity index (χ2v) is 6.01. The number of aliphatic hydroxyl groups is 1. The second-order valence-electron chi connectivity index (χ2n) is 4.80. The smallest absolute Gasteiger partial charge is 0.194 e. The Hall–Kier alpha value is -1.63. The molecule has 0 spiro atoms. The quantitative estimate of drug-likeness (QED) is 0.758. The van der Waals surface area contributed by atoms with Crippen LogP contribution in [0.1, 0.15) is 28.1 Å². The Morgan fingerprint density at radius 1 is 1.50 bits per heavy atom. The van der Waals surface area contributed by atoms with E-state index in [1.807, 2.05) is 6.92 Å². The van der Waals surface area contributed by atoms with Crippen LogP contribution in [0.2, 0.25) is 0 Å². The predicted molar refractivity (Wildman–Crippen MR) is 77.9 cm³/mol. The van der Waals surface area contributed by atoms with Gasteiger partial charge in [-0.15, -0.1) is 11.3 Å². The Kier molecular flexibility index (Phi) is 3.60. The van der Waals surface area contributed by atoms with Crippen molar-refractivity contribution >= 4 is 16.3 Å². The zero-order valence-electron chi connectivity index (χ0n) is 11.5. The minimum atomic E-state index is -0.627. The van der Waals surface area contributed by atoms with E-state index in [1.54, 1.807) is 29.7 Å². The van der Waals surface area contributed by atoms with Crippen LogP contribution < -0.4 is 5.32 Å². The van der Waals surface area contributed by atoms with Crippen molar-refractivity contribution in [1.29, 1.82) is 0 Å². The Labute approximate surface area is 120 Å². The Morgan fingerprint density at radius 3 is 3.10 bits per heavy atom. The maximum absolute atomic E-state index is 9.95. The van der Waals surface area contributed by atoms with Crippen molar-refractivity contribution < 1.29 is 9.52 Å². The minimum absolute atomic E-state index is 0.448. The van der Waals surface area contributed by atoms with E-state index >= 15 is 0 Å². The lowest BCUT2D eigenvalue weighted by Gasteiger charge is -2.09. The second kappa shape index (κ2) is 5.40. The number of fused-ring (bicyclic) bond motifs is 1.